The zero-order chi connectivity index (χ0) is 11.5. The summed E-state index contributed by atoms with van der Waals surface area (Å²) in [5.74, 6) is 0.0590. The first-order valence-corrected chi connectivity index (χ1v) is 5.55. The molecule has 1 saturated heterocycles. The maximum atomic E-state index is 12.0. The molecular weight excluding hydrogens is 208 g/mol. The molecule has 1 amide bonds. The summed E-state index contributed by atoms with van der Waals surface area (Å²) in [5.41, 5.74) is 0.339. The van der Waals surface area contributed by atoms with Gasteiger partial charge in [-0.05, 0) is 12.8 Å². The number of carbonyl (C=O) groups is 1. The number of nitrogens with zero attached hydrogens (tertiary/aromatic N) is 3. The van der Waals surface area contributed by atoms with Gasteiger partial charge in [-0.15, -0.1) is 0 Å². The summed E-state index contributed by atoms with van der Waals surface area (Å²) in [6.45, 7) is 3.21. The highest BCUT2D eigenvalue weighted by Crippen LogP contribution is 2.20. The van der Waals surface area contributed by atoms with E-state index in [9.17, 15) is 9.90 Å². The molecule has 2 N–H and O–H groups in total. The Balaban J connectivity index is 2.03. The smallest absolute Gasteiger partial charge is 0.276 e. The molecule has 88 valence electrons. The number of aromatic nitrogens is 3. The van der Waals surface area contributed by atoms with Crippen LogP contribution in [0.3, 0.4) is 0 Å². The number of H-pyrrole nitrogens is 1. The first-order valence-electron chi connectivity index (χ1n) is 5.55. The van der Waals surface area contributed by atoms with E-state index in [4.69, 9.17) is 0 Å². The van der Waals surface area contributed by atoms with E-state index in [0.717, 1.165) is 6.42 Å². The van der Waals surface area contributed by atoms with Crippen LogP contribution in [0.25, 0.3) is 0 Å². The van der Waals surface area contributed by atoms with Crippen molar-refractivity contribution in [2.45, 2.75) is 25.9 Å². The number of piperidine rings is 1. The molecule has 2 rings (SSSR count). The highest BCUT2D eigenvalue weighted by molar-refractivity contribution is 5.91. The van der Waals surface area contributed by atoms with E-state index in [-0.39, 0.29) is 17.9 Å². The van der Waals surface area contributed by atoms with Gasteiger partial charge in [-0.2, -0.15) is 15.4 Å². The third-order valence-electron chi connectivity index (χ3n) is 3.14. The molecular formula is C10H16N4O2. The molecule has 1 aliphatic heterocycles. The van der Waals surface area contributed by atoms with Crippen molar-refractivity contribution in [2.75, 3.05) is 13.1 Å². The summed E-state index contributed by atoms with van der Waals surface area (Å²) in [4.78, 5) is 13.7. The van der Waals surface area contributed by atoms with Crippen molar-refractivity contribution in [3.8, 4) is 0 Å². The van der Waals surface area contributed by atoms with Crippen LogP contribution in [0, 0.1) is 5.92 Å². The molecule has 0 aromatic carbocycles. The number of aromatic amines is 1. The number of amides is 1. The summed E-state index contributed by atoms with van der Waals surface area (Å²) in [6.07, 6.45) is 2.66. The molecule has 0 aliphatic carbocycles. The van der Waals surface area contributed by atoms with E-state index in [1.165, 1.54) is 6.20 Å². The fraction of sp³-hybridized carbons (Fsp3) is 0.700. The van der Waals surface area contributed by atoms with Gasteiger partial charge >= 0.3 is 0 Å². The molecule has 1 aromatic heterocycles. The highest BCUT2D eigenvalue weighted by atomic mass is 16.3. The Bertz CT molecular complexity index is 352. The average Bonchev–Trinajstić information content (AvgIpc) is 2.82. The lowest BCUT2D eigenvalue weighted by molar-refractivity contribution is 0.0226. The van der Waals surface area contributed by atoms with Gasteiger partial charge in [-0.1, -0.05) is 6.92 Å². The lowest BCUT2D eigenvalue weighted by Crippen LogP contribution is -2.45. The predicted molar refractivity (Wildman–Crippen MR) is 56.7 cm³/mol. The molecule has 0 radical (unpaired) electrons. The Morgan fingerprint density at radius 2 is 2.56 bits per heavy atom. The summed E-state index contributed by atoms with van der Waals surface area (Å²) in [5, 5.41) is 19.5. The van der Waals surface area contributed by atoms with E-state index in [1.807, 2.05) is 6.92 Å². The van der Waals surface area contributed by atoms with Crippen molar-refractivity contribution in [1.82, 2.24) is 20.3 Å². The van der Waals surface area contributed by atoms with Crippen LogP contribution < -0.4 is 0 Å². The molecule has 6 heteroatoms. The van der Waals surface area contributed by atoms with Crippen LogP contribution in [-0.4, -0.2) is 50.5 Å². The number of nitrogens with one attached hydrogen (secondary N) is 1. The van der Waals surface area contributed by atoms with Gasteiger partial charge in [-0.3, -0.25) is 4.79 Å². The van der Waals surface area contributed by atoms with Gasteiger partial charge in [-0.25, -0.2) is 0 Å². The second-order valence-electron chi connectivity index (χ2n) is 4.13. The Kier molecular flexibility index (Phi) is 3.19. The number of hydrogen-bond donors (Lipinski definition) is 2. The standard InChI is InChI=1S/C10H16N4O2/c1-2-7-6-14(4-3-9(7)15)10(16)8-5-11-13-12-8/h5,7,9,15H,2-4,6H2,1H3,(H,11,12,13). The first-order chi connectivity index (χ1) is 7.72. The zero-order valence-electron chi connectivity index (χ0n) is 9.26. The molecule has 6 nitrogen and oxygen atoms in total. The minimum atomic E-state index is -0.286. The monoisotopic (exact) mass is 224 g/mol. The molecule has 1 aromatic rings. The molecule has 1 fully saturated rings. The SMILES string of the molecule is CCC1CN(C(=O)c2cn[nH]n2)CCC1O. The summed E-state index contributed by atoms with van der Waals surface area (Å²) in [7, 11) is 0. The zero-order valence-corrected chi connectivity index (χ0v) is 9.26. The molecule has 0 spiro atoms. The lowest BCUT2D eigenvalue weighted by atomic mass is 9.92. The number of carbonyl (C=O) groups excluding carboxylic acids is 1. The van der Waals surface area contributed by atoms with Gasteiger partial charge in [0.15, 0.2) is 5.69 Å². The Morgan fingerprint density at radius 1 is 1.75 bits per heavy atom. The van der Waals surface area contributed by atoms with Crippen LogP contribution in [0.5, 0.6) is 0 Å². The lowest BCUT2D eigenvalue weighted by Gasteiger charge is -2.35. The van der Waals surface area contributed by atoms with Crippen LogP contribution in [-0.2, 0) is 0 Å². The topological polar surface area (TPSA) is 82.1 Å². The fourth-order valence-electron chi connectivity index (χ4n) is 2.07. The normalized spacial score (nSPS) is 25.8. The maximum absolute atomic E-state index is 12.0. The number of hydrogen-bond acceptors (Lipinski definition) is 4. The summed E-state index contributed by atoms with van der Waals surface area (Å²) in [6, 6.07) is 0. The van der Waals surface area contributed by atoms with Gasteiger partial charge in [0.2, 0.25) is 0 Å². The van der Waals surface area contributed by atoms with Crippen molar-refractivity contribution in [3.05, 3.63) is 11.9 Å². The van der Waals surface area contributed by atoms with Gasteiger partial charge in [0.25, 0.3) is 5.91 Å². The molecule has 0 saturated carbocycles. The second-order valence-corrected chi connectivity index (χ2v) is 4.13. The van der Waals surface area contributed by atoms with E-state index in [1.54, 1.807) is 4.90 Å². The van der Waals surface area contributed by atoms with Gasteiger partial charge in [0, 0.05) is 19.0 Å². The van der Waals surface area contributed by atoms with E-state index < -0.39 is 0 Å². The highest BCUT2D eigenvalue weighted by Gasteiger charge is 2.30. The molecule has 0 bridgehead atoms. The van der Waals surface area contributed by atoms with Gasteiger partial charge in [0.1, 0.15) is 0 Å². The minimum Gasteiger partial charge on any atom is -0.393 e. The van der Waals surface area contributed by atoms with Crippen molar-refractivity contribution in [2.24, 2.45) is 5.92 Å². The van der Waals surface area contributed by atoms with Crippen LogP contribution in [0.1, 0.15) is 30.3 Å². The van der Waals surface area contributed by atoms with E-state index in [0.29, 0.717) is 25.2 Å². The quantitative estimate of drug-likeness (QED) is 0.743. The van der Waals surface area contributed by atoms with Crippen LogP contribution in [0.4, 0.5) is 0 Å². The van der Waals surface area contributed by atoms with Crippen molar-refractivity contribution in [1.29, 1.82) is 0 Å². The van der Waals surface area contributed by atoms with Crippen LogP contribution >= 0.6 is 0 Å². The Hall–Kier alpha value is -1.43. The molecule has 2 atom stereocenters. The number of aliphatic hydroxyl groups excluding tert-OH is 1. The molecule has 16 heavy (non-hydrogen) atoms. The molecule has 2 unspecified atom stereocenters. The van der Waals surface area contributed by atoms with Crippen LogP contribution in [0.15, 0.2) is 6.20 Å². The van der Waals surface area contributed by atoms with Crippen molar-refractivity contribution >= 4 is 5.91 Å². The largest absolute Gasteiger partial charge is 0.393 e. The third kappa shape index (κ3) is 2.06. The number of rotatable bonds is 2. The van der Waals surface area contributed by atoms with E-state index in [2.05, 4.69) is 15.4 Å². The fourth-order valence-corrected chi connectivity index (χ4v) is 2.07. The van der Waals surface area contributed by atoms with Crippen molar-refractivity contribution in [3.63, 3.8) is 0 Å². The molecule has 2 heterocycles. The van der Waals surface area contributed by atoms with Gasteiger partial charge in [0.05, 0.1) is 12.3 Å². The Morgan fingerprint density at radius 3 is 3.19 bits per heavy atom. The number of likely N-dealkylation sites (tertiary alicyclic amines) is 1. The Labute approximate surface area is 93.6 Å². The van der Waals surface area contributed by atoms with Crippen molar-refractivity contribution < 1.29 is 9.90 Å². The summed E-state index contributed by atoms with van der Waals surface area (Å²) >= 11 is 0. The van der Waals surface area contributed by atoms with Gasteiger partial charge < -0.3 is 10.0 Å². The third-order valence-corrected chi connectivity index (χ3v) is 3.14. The first kappa shape index (κ1) is 11.1. The predicted octanol–water partition coefficient (Wildman–Crippen LogP) is 0.0377. The second kappa shape index (κ2) is 4.61. The summed E-state index contributed by atoms with van der Waals surface area (Å²) < 4.78 is 0. The van der Waals surface area contributed by atoms with Crippen LogP contribution in [0.2, 0.25) is 0 Å². The minimum absolute atomic E-state index is 0.112. The van der Waals surface area contributed by atoms with E-state index >= 15 is 0 Å². The molecule has 1 aliphatic rings. The maximum Gasteiger partial charge on any atom is 0.276 e. The average molecular weight is 224 g/mol. The number of aliphatic hydroxyl groups is 1.